The van der Waals surface area contributed by atoms with Gasteiger partial charge in [0.15, 0.2) is 0 Å². The maximum atomic E-state index is 12.3. The molecule has 4 bridgehead atoms. The van der Waals surface area contributed by atoms with Crippen LogP contribution in [-0.4, -0.2) is 24.7 Å². The molecule has 1 saturated carbocycles. The molecular weight excluding hydrogens is 274 g/mol. The summed E-state index contributed by atoms with van der Waals surface area (Å²) in [5.41, 5.74) is 3.26. The number of carbonyl (C=O) groups is 1. The van der Waals surface area contributed by atoms with E-state index in [0.717, 1.165) is 19.3 Å². The van der Waals surface area contributed by atoms with Crippen molar-refractivity contribution >= 4 is 5.97 Å². The third kappa shape index (κ3) is 1.63. The van der Waals surface area contributed by atoms with Crippen molar-refractivity contribution in [2.45, 2.75) is 57.5 Å². The van der Waals surface area contributed by atoms with Crippen molar-refractivity contribution in [1.29, 1.82) is 0 Å². The molecule has 1 aromatic carbocycles. The van der Waals surface area contributed by atoms with Crippen molar-refractivity contribution in [1.82, 2.24) is 5.32 Å². The molecule has 3 unspecified atom stereocenters. The van der Waals surface area contributed by atoms with Crippen molar-refractivity contribution in [2.24, 2.45) is 11.3 Å². The van der Waals surface area contributed by atoms with Gasteiger partial charge in [0.25, 0.3) is 0 Å². The molecule has 3 fully saturated rings. The number of fused-ring (bicyclic) bond motifs is 2. The fourth-order valence-corrected chi connectivity index (χ4v) is 5.44. The van der Waals surface area contributed by atoms with Gasteiger partial charge in [-0.05, 0) is 42.7 Å². The Balaban J connectivity index is 1.76. The van der Waals surface area contributed by atoms with E-state index in [-0.39, 0.29) is 28.8 Å². The number of piperidine rings is 2. The molecule has 0 radical (unpaired) electrons. The Kier molecular flexibility index (Phi) is 2.96. The number of ether oxygens (including phenoxy) is 1. The van der Waals surface area contributed by atoms with Crippen LogP contribution >= 0.6 is 0 Å². The third-order valence-electron chi connectivity index (χ3n) is 6.83. The Morgan fingerprint density at radius 3 is 2.86 bits per heavy atom. The van der Waals surface area contributed by atoms with Gasteiger partial charge >= 0.3 is 5.97 Å². The molecule has 3 heteroatoms. The highest BCUT2D eigenvalue weighted by Crippen LogP contribution is 2.62. The van der Waals surface area contributed by atoms with Gasteiger partial charge in [-0.2, -0.15) is 0 Å². The Morgan fingerprint density at radius 2 is 2.09 bits per heavy atom. The Hall–Kier alpha value is -1.35. The highest BCUT2D eigenvalue weighted by Gasteiger charge is 2.64. The van der Waals surface area contributed by atoms with Gasteiger partial charge in [-0.3, -0.25) is 4.79 Å². The van der Waals surface area contributed by atoms with Crippen LogP contribution < -0.4 is 5.32 Å². The van der Waals surface area contributed by atoms with Gasteiger partial charge in [0.05, 0.1) is 12.5 Å². The summed E-state index contributed by atoms with van der Waals surface area (Å²) < 4.78 is 5.32. The second kappa shape index (κ2) is 4.58. The maximum Gasteiger partial charge on any atom is 0.310 e. The lowest BCUT2D eigenvalue weighted by atomic mass is 9.43. The van der Waals surface area contributed by atoms with Crippen LogP contribution in [0.2, 0.25) is 0 Å². The van der Waals surface area contributed by atoms with Crippen LogP contribution in [0.25, 0.3) is 0 Å². The predicted octanol–water partition coefficient (Wildman–Crippen LogP) is 2.82. The molecular formula is C19H25NO2. The largest absolute Gasteiger partial charge is 0.466 e. The minimum Gasteiger partial charge on any atom is -0.466 e. The second-order valence-corrected chi connectivity index (χ2v) is 7.70. The molecule has 5 atom stereocenters. The molecule has 22 heavy (non-hydrogen) atoms. The number of esters is 1. The van der Waals surface area contributed by atoms with Gasteiger partial charge in [-0.1, -0.05) is 38.1 Å². The lowest BCUT2D eigenvalue weighted by Gasteiger charge is -2.66. The summed E-state index contributed by atoms with van der Waals surface area (Å²) in [4.78, 5) is 12.3. The van der Waals surface area contributed by atoms with Crippen molar-refractivity contribution in [3.05, 3.63) is 35.4 Å². The van der Waals surface area contributed by atoms with Gasteiger partial charge in [-0.25, -0.2) is 0 Å². The van der Waals surface area contributed by atoms with Gasteiger partial charge in [0, 0.05) is 17.5 Å². The fourth-order valence-electron chi connectivity index (χ4n) is 5.44. The number of rotatable bonds is 2. The van der Waals surface area contributed by atoms with E-state index in [1.165, 1.54) is 11.1 Å². The van der Waals surface area contributed by atoms with Crippen molar-refractivity contribution in [3.8, 4) is 0 Å². The summed E-state index contributed by atoms with van der Waals surface area (Å²) in [5.74, 6) is 0.000112. The van der Waals surface area contributed by atoms with Crippen LogP contribution in [0.1, 0.15) is 44.7 Å². The number of nitrogens with one attached hydrogen (secondary N) is 1. The molecule has 3 nitrogen and oxygen atoms in total. The summed E-state index contributed by atoms with van der Waals surface area (Å²) in [6.07, 6.45) is 3.05. The van der Waals surface area contributed by atoms with Crippen LogP contribution in [-0.2, 0) is 21.4 Å². The number of benzene rings is 1. The highest BCUT2D eigenvalue weighted by molar-refractivity contribution is 5.74. The maximum absolute atomic E-state index is 12.3. The average Bonchev–Trinajstić information content (AvgIpc) is 2.48. The van der Waals surface area contributed by atoms with Gasteiger partial charge in [-0.15, -0.1) is 0 Å². The van der Waals surface area contributed by atoms with E-state index in [1.54, 1.807) is 0 Å². The van der Waals surface area contributed by atoms with Crippen molar-refractivity contribution in [3.63, 3.8) is 0 Å². The zero-order chi connectivity index (χ0) is 15.5. The van der Waals surface area contributed by atoms with Crippen molar-refractivity contribution < 1.29 is 9.53 Å². The molecule has 4 aliphatic rings. The summed E-state index contributed by atoms with van der Waals surface area (Å²) in [6, 6.07) is 9.60. The minimum absolute atomic E-state index is 0.0133. The quantitative estimate of drug-likeness (QED) is 0.853. The number of carbonyl (C=O) groups excluding carboxylic acids is 1. The third-order valence-corrected chi connectivity index (χ3v) is 6.83. The van der Waals surface area contributed by atoms with Gasteiger partial charge in [0.2, 0.25) is 0 Å². The normalized spacial score (nSPS) is 41.9. The Morgan fingerprint density at radius 1 is 1.32 bits per heavy atom. The van der Waals surface area contributed by atoms with E-state index >= 15 is 0 Å². The van der Waals surface area contributed by atoms with E-state index in [9.17, 15) is 4.79 Å². The molecule has 2 aliphatic carbocycles. The summed E-state index contributed by atoms with van der Waals surface area (Å²) in [7, 11) is 0. The number of hydrogen-bond acceptors (Lipinski definition) is 3. The first-order chi connectivity index (χ1) is 10.5. The van der Waals surface area contributed by atoms with E-state index in [0.29, 0.717) is 12.6 Å². The van der Waals surface area contributed by atoms with E-state index in [4.69, 9.17) is 4.74 Å². The van der Waals surface area contributed by atoms with E-state index in [1.807, 2.05) is 6.92 Å². The van der Waals surface area contributed by atoms with Crippen LogP contribution in [0.15, 0.2) is 24.3 Å². The molecule has 1 aromatic rings. The monoisotopic (exact) mass is 299 g/mol. The highest BCUT2D eigenvalue weighted by atomic mass is 16.5. The fraction of sp³-hybridized carbons (Fsp3) is 0.632. The zero-order valence-electron chi connectivity index (χ0n) is 13.7. The lowest BCUT2D eigenvalue weighted by Crippen LogP contribution is -2.73. The molecule has 5 rings (SSSR count). The first-order valence-corrected chi connectivity index (χ1v) is 8.50. The first-order valence-electron chi connectivity index (χ1n) is 8.50. The SMILES string of the molecule is CCOC(=O)C1C[C@@]2(C)C3Cc4ccccc4[C@@]2(C)CC1N3. The summed E-state index contributed by atoms with van der Waals surface area (Å²) >= 11 is 0. The Labute approximate surface area is 132 Å². The standard InChI is InChI=1S/C19H25NO2/c1-4-22-17(21)13-10-19(3)16-9-12-7-5-6-8-14(12)18(19,2)11-15(13)20-16/h5-8,13,15-16,20H,4,9-11H2,1-3H3/t13?,15?,16?,18-,19+/m1/s1. The molecule has 1 N–H and O–H groups in total. The first kappa shape index (κ1) is 14.3. The second-order valence-electron chi connectivity index (χ2n) is 7.70. The predicted molar refractivity (Wildman–Crippen MR) is 85.7 cm³/mol. The van der Waals surface area contributed by atoms with E-state index < -0.39 is 0 Å². The average molecular weight is 299 g/mol. The summed E-state index contributed by atoms with van der Waals surface area (Å²) in [5, 5.41) is 3.78. The molecule has 0 aromatic heterocycles. The molecule has 2 aliphatic heterocycles. The molecule has 2 heterocycles. The van der Waals surface area contributed by atoms with Gasteiger partial charge in [0.1, 0.15) is 0 Å². The lowest BCUT2D eigenvalue weighted by molar-refractivity contribution is -0.160. The minimum atomic E-state index is -0.0133. The van der Waals surface area contributed by atoms with Crippen LogP contribution in [0.5, 0.6) is 0 Å². The number of hydrogen-bond donors (Lipinski definition) is 1. The molecule has 0 amide bonds. The van der Waals surface area contributed by atoms with Crippen molar-refractivity contribution in [2.75, 3.05) is 6.61 Å². The smallest absolute Gasteiger partial charge is 0.310 e. The van der Waals surface area contributed by atoms with Crippen LogP contribution in [0.3, 0.4) is 0 Å². The van der Waals surface area contributed by atoms with E-state index in [2.05, 4.69) is 43.4 Å². The molecule has 118 valence electrons. The molecule has 0 spiro atoms. The zero-order valence-corrected chi connectivity index (χ0v) is 13.7. The molecule has 2 saturated heterocycles. The van der Waals surface area contributed by atoms with Crippen LogP contribution in [0.4, 0.5) is 0 Å². The summed E-state index contributed by atoms with van der Waals surface area (Å²) in [6.45, 7) is 7.15. The van der Waals surface area contributed by atoms with Gasteiger partial charge < -0.3 is 10.1 Å². The Bertz CT molecular complexity index is 628. The van der Waals surface area contributed by atoms with Crippen LogP contribution in [0, 0.1) is 11.3 Å². The topological polar surface area (TPSA) is 38.3 Å².